The van der Waals surface area contributed by atoms with E-state index in [1.807, 2.05) is 0 Å². The Morgan fingerprint density at radius 1 is 1.11 bits per heavy atom. The number of nitrogens with two attached hydrogens (primary N) is 1. The lowest BCUT2D eigenvalue weighted by Crippen LogP contribution is -2.22. The van der Waals surface area contributed by atoms with Gasteiger partial charge in [0.1, 0.15) is 0 Å². The standard InChI is InChI=1S/C14H10Cl2N2O/c15-8-4-9(16)6-10(5-8)18-7-12-11(14(18)19)2-1-3-13(12)17/h1-6H,7,17H2. The fourth-order valence-corrected chi connectivity index (χ4v) is 2.78. The van der Waals surface area contributed by atoms with Crippen molar-refractivity contribution in [3.63, 3.8) is 0 Å². The smallest absolute Gasteiger partial charge is 0.259 e. The van der Waals surface area contributed by atoms with Gasteiger partial charge in [0.05, 0.1) is 6.54 Å². The van der Waals surface area contributed by atoms with Crippen LogP contribution in [-0.2, 0) is 6.54 Å². The van der Waals surface area contributed by atoms with E-state index in [1.54, 1.807) is 41.3 Å². The van der Waals surface area contributed by atoms with Crippen molar-refractivity contribution < 1.29 is 4.79 Å². The molecule has 0 unspecified atom stereocenters. The molecule has 2 N–H and O–H groups in total. The third-order valence-corrected chi connectivity index (χ3v) is 3.60. The molecule has 1 heterocycles. The molecule has 0 fully saturated rings. The maximum atomic E-state index is 12.4. The molecule has 0 aliphatic carbocycles. The Hall–Kier alpha value is -1.71. The Balaban J connectivity index is 2.06. The Morgan fingerprint density at radius 2 is 1.79 bits per heavy atom. The van der Waals surface area contributed by atoms with Crippen molar-refractivity contribution in [2.75, 3.05) is 10.6 Å². The predicted octanol–water partition coefficient (Wildman–Crippen LogP) is 3.74. The van der Waals surface area contributed by atoms with E-state index in [-0.39, 0.29) is 5.91 Å². The van der Waals surface area contributed by atoms with Crippen molar-refractivity contribution in [3.05, 3.63) is 57.6 Å². The molecule has 19 heavy (non-hydrogen) atoms. The summed E-state index contributed by atoms with van der Waals surface area (Å²) in [7, 11) is 0. The zero-order chi connectivity index (χ0) is 13.6. The number of nitrogen functional groups attached to an aromatic ring is 1. The molecule has 0 atom stereocenters. The van der Waals surface area contributed by atoms with E-state index in [0.29, 0.717) is 33.5 Å². The number of carbonyl (C=O) groups excluding carboxylic acids is 1. The van der Waals surface area contributed by atoms with E-state index in [2.05, 4.69) is 0 Å². The topological polar surface area (TPSA) is 46.3 Å². The minimum absolute atomic E-state index is 0.0827. The van der Waals surface area contributed by atoms with E-state index in [1.165, 1.54) is 0 Å². The zero-order valence-corrected chi connectivity index (χ0v) is 11.4. The van der Waals surface area contributed by atoms with Crippen molar-refractivity contribution in [1.29, 1.82) is 0 Å². The lowest BCUT2D eigenvalue weighted by molar-refractivity contribution is 0.0996. The van der Waals surface area contributed by atoms with Gasteiger partial charge in [0.15, 0.2) is 0 Å². The number of hydrogen-bond donors (Lipinski definition) is 1. The lowest BCUT2D eigenvalue weighted by atomic mass is 10.1. The van der Waals surface area contributed by atoms with Gasteiger partial charge in [-0.2, -0.15) is 0 Å². The highest BCUT2D eigenvalue weighted by Crippen LogP contribution is 2.34. The largest absolute Gasteiger partial charge is 0.398 e. The van der Waals surface area contributed by atoms with Gasteiger partial charge >= 0.3 is 0 Å². The monoisotopic (exact) mass is 292 g/mol. The summed E-state index contributed by atoms with van der Waals surface area (Å²) in [6, 6.07) is 10.4. The Kier molecular flexibility index (Phi) is 2.88. The van der Waals surface area contributed by atoms with Crippen molar-refractivity contribution in [3.8, 4) is 0 Å². The van der Waals surface area contributed by atoms with Crippen LogP contribution in [0, 0.1) is 0 Å². The maximum absolute atomic E-state index is 12.4. The third-order valence-electron chi connectivity index (χ3n) is 3.16. The number of amides is 1. The first-order valence-electron chi connectivity index (χ1n) is 5.71. The minimum atomic E-state index is -0.0827. The molecule has 3 rings (SSSR count). The lowest BCUT2D eigenvalue weighted by Gasteiger charge is -2.16. The molecule has 1 aliphatic rings. The van der Waals surface area contributed by atoms with Crippen molar-refractivity contribution in [1.82, 2.24) is 0 Å². The summed E-state index contributed by atoms with van der Waals surface area (Å²) in [6.07, 6.45) is 0. The molecule has 1 amide bonds. The Bertz CT molecular complexity index is 665. The number of anilines is 2. The van der Waals surface area contributed by atoms with Crippen LogP contribution in [0.5, 0.6) is 0 Å². The van der Waals surface area contributed by atoms with E-state index >= 15 is 0 Å². The summed E-state index contributed by atoms with van der Waals surface area (Å²) in [5, 5.41) is 0.999. The molecule has 3 nitrogen and oxygen atoms in total. The highest BCUT2D eigenvalue weighted by atomic mass is 35.5. The fraction of sp³-hybridized carbons (Fsp3) is 0.0714. The van der Waals surface area contributed by atoms with Gasteiger partial charge in [0.2, 0.25) is 0 Å². The normalized spacial score (nSPS) is 13.8. The molecule has 96 valence electrons. The predicted molar refractivity (Wildman–Crippen MR) is 77.8 cm³/mol. The fourth-order valence-electron chi connectivity index (χ4n) is 2.26. The summed E-state index contributed by atoms with van der Waals surface area (Å²) in [6.45, 7) is 0.442. The van der Waals surface area contributed by atoms with E-state index in [9.17, 15) is 4.79 Å². The molecular weight excluding hydrogens is 283 g/mol. The van der Waals surface area contributed by atoms with E-state index in [0.717, 1.165) is 5.56 Å². The first kappa shape index (κ1) is 12.3. The van der Waals surface area contributed by atoms with Crippen LogP contribution < -0.4 is 10.6 Å². The van der Waals surface area contributed by atoms with Crippen molar-refractivity contribution in [2.24, 2.45) is 0 Å². The molecule has 0 radical (unpaired) electrons. The molecule has 0 bridgehead atoms. The highest BCUT2D eigenvalue weighted by Gasteiger charge is 2.30. The first-order chi connectivity index (χ1) is 9.06. The summed E-state index contributed by atoms with van der Waals surface area (Å²) < 4.78 is 0. The number of hydrogen-bond acceptors (Lipinski definition) is 2. The molecule has 5 heteroatoms. The number of benzene rings is 2. The van der Waals surface area contributed by atoms with Crippen LogP contribution >= 0.6 is 23.2 Å². The number of rotatable bonds is 1. The highest BCUT2D eigenvalue weighted by molar-refractivity contribution is 6.35. The third kappa shape index (κ3) is 2.05. The second-order valence-electron chi connectivity index (χ2n) is 4.39. The molecule has 2 aromatic rings. The van der Waals surface area contributed by atoms with Gasteiger partial charge in [0, 0.05) is 32.5 Å². The molecule has 0 spiro atoms. The number of nitrogens with zero attached hydrogens (tertiary/aromatic N) is 1. The Morgan fingerprint density at radius 3 is 2.42 bits per heavy atom. The summed E-state index contributed by atoms with van der Waals surface area (Å²) in [5.41, 5.74) is 8.69. The summed E-state index contributed by atoms with van der Waals surface area (Å²) in [5.74, 6) is -0.0827. The average Bonchev–Trinajstić information content (AvgIpc) is 2.68. The number of carbonyl (C=O) groups is 1. The average molecular weight is 293 g/mol. The molecule has 1 aliphatic heterocycles. The van der Waals surface area contributed by atoms with E-state index in [4.69, 9.17) is 28.9 Å². The van der Waals surface area contributed by atoms with Gasteiger partial charge in [-0.3, -0.25) is 4.79 Å². The van der Waals surface area contributed by atoms with Crippen LogP contribution in [0.25, 0.3) is 0 Å². The SMILES string of the molecule is Nc1cccc2c1CN(c1cc(Cl)cc(Cl)c1)C2=O. The number of halogens is 2. The van der Waals surface area contributed by atoms with Gasteiger partial charge in [-0.15, -0.1) is 0 Å². The van der Waals surface area contributed by atoms with E-state index < -0.39 is 0 Å². The van der Waals surface area contributed by atoms with Gasteiger partial charge in [-0.05, 0) is 30.3 Å². The minimum Gasteiger partial charge on any atom is -0.398 e. The molecule has 2 aromatic carbocycles. The van der Waals surface area contributed by atoms with Gasteiger partial charge in [-0.1, -0.05) is 29.3 Å². The van der Waals surface area contributed by atoms with Crippen LogP contribution in [0.1, 0.15) is 15.9 Å². The van der Waals surface area contributed by atoms with Crippen molar-refractivity contribution in [2.45, 2.75) is 6.54 Å². The molecule has 0 aromatic heterocycles. The van der Waals surface area contributed by atoms with Crippen LogP contribution in [0.15, 0.2) is 36.4 Å². The second kappa shape index (κ2) is 4.44. The van der Waals surface area contributed by atoms with Crippen LogP contribution in [-0.4, -0.2) is 5.91 Å². The quantitative estimate of drug-likeness (QED) is 0.814. The van der Waals surface area contributed by atoms with Gasteiger partial charge < -0.3 is 10.6 Å². The van der Waals surface area contributed by atoms with Crippen LogP contribution in [0.3, 0.4) is 0 Å². The summed E-state index contributed by atoms with van der Waals surface area (Å²) in [4.78, 5) is 14.0. The van der Waals surface area contributed by atoms with Crippen LogP contribution in [0.2, 0.25) is 10.0 Å². The summed E-state index contributed by atoms with van der Waals surface area (Å²) >= 11 is 11.9. The Labute approximate surface area is 120 Å². The zero-order valence-electron chi connectivity index (χ0n) is 9.86. The maximum Gasteiger partial charge on any atom is 0.259 e. The molecular formula is C14H10Cl2N2O. The number of fused-ring (bicyclic) bond motifs is 1. The first-order valence-corrected chi connectivity index (χ1v) is 6.47. The van der Waals surface area contributed by atoms with Gasteiger partial charge in [0.25, 0.3) is 5.91 Å². The second-order valence-corrected chi connectivity index (χ2v) is 5.27. The molecule has 0 saturated carbocycles. The van der Waals surface area contributed by atoms with Gasteiger partial charge in [-0.25, -0.2) is 0 Å². The van der Waals surface area contributed by atoms with Crippen molar-refractivity contribution >= 4 is 40.5 Å². The van der Waals surface area contributed by atoms with Crippen LogP contribution in [0.4, 0.5) is 11.4 Å². The molecule has 0 saturated heterocycles.